The van der Waals surface area contributed by atoms with Crippen molar-refractivity contribution in [3.8, 4) is 0 Å². The minimum atomic E-state index is 0.335. The van der Waals surface area contributed by atoms with Gasteiger partial charge in [-0.25, -0.2) is 0 Å². The average Bonchev–Trinajstić information content (AvgIpc) is 3.10. The van der Waals surface area contributed by atoms with Crippen LogP contribution in [0.15, 0.2) is 16.8 Å². The Balaban J connectivity index is 1.60. The van der Waals surface area contributed by atoms with Gasteiger partial charge in [-0.1, -0.05) is 0 Å². The highest BCUT2D eigenvalue weighted by Gasteiger charge is 2.29. The number of carbonyl (C=O) groups excluding carboxylic acids is 1. The number of hydrogen-bond donors (Lipinski definition) is 0. The van der Waals surface area contributed by atoms with Crippen LogP contribution in [-0.4, -0.2) is 41.9 Å². The summed E-state index contributed by atoms with van der Waals surface area (Å²) in [5.41, 5.74) is 1.40. The fourth-order valence-electron chi connectivity index (χ4n) is 3.27. The van der Waals surface area contributed by atoms with Gasteiger partial charge in [0.2, 0.25) is 5.91 Å². The number of nitrogens with zero attached hydrogens (tertiary/aromatic N) is 2. The van der Waals surface area contributed by atoms with Crippen molar-refractivity contribution in [2.75, 3.05) is 26.2 Å². The van der Waals surface area contributed by atoms with Gasteiger partial charge in [0.15, 0.2) is 0 Å². The summed E-state index contributed by atoms with van der Waals surface area (Å²) < 4.78 is 0. The Hall–Kier alpha value is -0.870. The zero-order chi connectivity index (χ0) is 13.1. The van der Waals surface area contributed by atoms with Crippen molar-refractivity contribution in [1.29, 1.82) is 0 Å². The largest absolute Gasteiger partial charge is 0.342 e. The lowest BCUT2D eigenvalue weighted by atomic mass is 10.1. The lowest BCUT2D eigenvalue weighted by molar-refractivity contribution is -0.133. The van der Waals surface area contributed by atoms with Crippen LogP contribution in [0.4, 0.5) is 0 Å². The first-order valence-corrected chi connectivity index (χ1v) is 8.33. The van der Waals surface area contributed by atoms with E-state index in [9.17, 15) is 4.79 Å². The predicted molar refractivity (Wildman–Crippen MR) is 78.3 cm³/mol. The molecule has 104 valence electrons. The zero-order valence-electron chi connectivity index (χ0n) is 11.4. The summed E-state index contributed by atoms with van der Waals surface area (Å²) in [5.74, 6) is 0.335. The Kier molecular flexibility index (Phi) is 4.18. The summed E-state index contributed by atoms with van der Waals surface area (Å²) in [5, 5.41) is 4.37. The smallest absolute Gasteiger partial charge is 0.236 e. The maximum absolute atomic E-state index is 12.4. The highest BCUT2D eigenvalue weighted by Crippen LogP contribution is 2.32. The molecule has 0 aliphatic carbocycles. The van der Waals surface area contributed by atoms with Crippen LogP contribution >= 0.6 is 11.3 Å². The summed E-state index contributed by atoms with van der Waals surface area (Å²) in [6, 6.07) is 2.68. The fraction of sp³-hybridized carbons (Fsp3) is 0.667. The van der Waals surface area contributed by atoms with Gasteiger partial charge in [-0.3, -0.25) is 9.69 Å². The molecule has 0 saturated carbocycles. The standard InChI is InChI=1S/C15H22N2OS/c18-15(16-7-2-1-3-8-16)11-17-9-4-5-14(17)13-6-10-19-12-13/h6,10,12,14H,1-5,7-9,11H2/t14-/m1/s1. The number of likely N-dealkylation sites (tertiary alicyclic amines) is 2. The molecule has 0 unspecified atom stereocenters. The highest BCUT2D eigenvalue weighted by molar-refractivity contribution is 7.07. The zero-order valence-corrected chi connectivity index (χ0v) is 12.2. The van der Waals surface area contributed by atoms with E-state index in [1.54, 1.807) is 11.3 Å². The summed E-state index contributed by atoms with van der Waals surface area (Å²) in [4.78, 5) is 16.8. The molecule has 0 N–H and O–H groups in total. The molecular formula is C15H22N2OS. The van der Waals surface area contributed by atoms with E-state index in [0.717, 1.165) is 19.6 Å². The van der Waals surface area contributed by atoms with Gasteiger partial charge < -0.3 is 4.90 Å². The molecule has 2 aliphatic heterocycles. The Morgan fingerprint density at radius 1 is 1.21 bits per heavy atom. The summed E-state index contributed by atoms with van der Waals surface area (Å²) in [6.45, 7) is 3.62. The van der Waals surface area contributed by atoms with E-state index in [2.05, 4.69) is 26.6 Å². The Labute approximate surface area is 119 Å². The second-order valence-corrected chi connectivity index (χ2v) is 6.41. The minimum Gasteiger partial charge on any atom is -0.342 e. The first kappa shape index (κ1) is 13.1. The van der Waals surface area contributed by atoms with E-state index in [1.165, 1.54) is 37.7 Å². The van der Waals surface area contributed by atoms with Crippen LogP contribution in [0, 0.1) is 0 Å². The Morgan fingerprint density at radius 3 is 2.79 bits per heavy atom. The summed E-state index contributed by atoms with van der Waals surface area (Å²) >= 11 is 1.75. The maximum Gasteiger partial charge on any atom is 0.236 e. The molecule has 4 heteroatoms. The van der Waals surface area contributed by atoms with Crippen LogP contribution in [-0.2, 0) is 4.79 Å². The minimum absolute atomic E-state index is 0.335. The van der Waals surface area contributed by atoms with Crippen LogP contribution in [0.1, 0.15) is 43.7 Å². The van der Waals surface area contributed by atoms with E-state index >= 15 is 0 Å². The van der Waals surface area contributed by atoms with Crippen molar-refractivity contribution in [2.45, 2.75) is 38.1 Å². The quantitative estimate of drug-likeness (QED) is 0.849. The van der Waals surface area contributed by atoms with Crippen molar-refractivity contribution in [3.05, 3.63) is 22.4 Å². The second kappa shape index (κ2) is 6.06. The Bertz CT molecular complexity index is 412. The number of piperidine rings is 1. The predicted octanol–water partition coefficient (Wildman–Crippen LogP) is 2.90. The van der Waals surface area contributed by atoms with E-state index in [4.69, 9.17) is 0 Å². The lowest BCUT2D eigenvalue weighted by Gasteiger charge is -2.30. The van der Waals surface area contributed by atoms with Crippen LogP contribution in [0.5, 0.6) is 0 Å². The van der Waals surface area contributed by atoms with E-state index in [1.807, 2.05) is 0 Å². The molecule has 0 aromatic carbocycles. The molecule has 3 nitrogen and oxygen atoms in total. The number of carbonyl (C=O) groups is 1. The van der Waals surface area contributed by atoms with E-state index in [0.29, 0.717) is 18.5 Å². The topological polar surface area (TPSA) is 23.6 Å². The van der Waals surface area contributed by atoms with Crippen LogP contribution in [0.2, 0.25) is 0 Å². The SMILES string of the molecule is O=C(CN1CCC[C@@H]1c1ccsc1)N1CCCCC1. The van der Waals surface area contributed by atoms with E-state index < -0.39 is 0 Å². The molecule has 1 aromatic rings. The second-order valence-electron chi connectivity index (χ2n) is 5.63. The summed E-state index contributed by atoms with van der Waals surface area (Å²) in [6.07, 6.45) is 6.06. The van der Waals surface area contributed by atoms with Crippen LogP contribution < -0.4 is 0 Å². The lowest BCUT2D eigenvalue weighted by Crippen LogP contribution is -2.42. The van der Waals surface area contributed by atoms with Crippen LogP contribution in [0.25, 0.3) is 0 Å². The van der Waals surface area contributed by atoms with Gasteiger partial charge in [0.1, 0.15) is 0 Å². The molecule has 1 atom stereocenters. The average molecular weight is 278 g/mol. The van der Waals surface area contributed by atoms with Gasteiger partial charge in [0, 0.05) is 19.1 Å². The highest BCUT2D eigenvalue weighted by atomic mass is 32.1. The van der Waals surface area contributed by atoms with Gasteiger partial charge in [-0.05, 0) is 61.0 Å². The molecule has 2 aliphatic rings. The normalized spacial score (nSPS) is 24.8. The van der Waals surface area contributed by atoms with E-state index in [-0.39, 0.29) is 0 Å². The molecule has 3 rings (SSSR count). The first-order valence-electron chi connectivity index (χ1n) is 7.38. The van der Waals surface area contributed by atoms with Gasteiger partial charge >= 0.3 is 0 Å². The molecule has 0 radical (unpaired) electrons. The molecule has 0 spiro atoms. The number of rotatable bonds is 3. The van der Waals surface area contributed by atoms with Crippen molar-refractivity contribution < 1.29 is 4.79 Å². The molecule has 1 aromatic heterocycles. The van der Waals surface area contributed by atoms with Crippen molar-refractivity contribution >= 4 is 17.2 Å². The molecule has 19 heavy (non-hydrogen) atoms. The first-order chi connectivity index (χ1) is 9.34. The molecule has 2 saturated heterocycles. The molecule has 0 bridgehead atoms. The van der Waals surface area contributed by atoms with Crippen molar-refractivity contribution in [2.24, 2.45) is 0 Å². The third-order valence-corrected chi connectivity index (χ3v) is 5.04. The van der Waals surface area contributed by atoms with Gasteiger partial charge in [0.05, 0.1) is 6.54 Å². The monoisotopic (exact) mass is 278 g/mol. The van der Waals surface area contributed by atoms with Crippen molar-refractivity contribution in [1.82, 2.24) is 9.80 Å². The number of thiophene rings is 1. The number of amides is 1. The molecular weight excluding hydrogens is 256 g/mol. The van der Waals surface area contributed by atoms with Crippen molar-refractivity contribution in [3.63, 3.8) is 0 Å². The van der Waals surface area contributed by atoms with Gasteiger partial charge in [0.25, 0.3) is 0 Å². The third-order valence-electron chi connectivity index (χ3n) is 4.34. The number of hydrogen-bond acceptors (Lipinski definition) is 3. The maximum atomic E-state index is 12.4. The molecule has 2 fully saturated rings. The summed E-state index contributed by atoms with van der Waals surface area (Å²) in [7, 11) is 0. The fourth-order valence-corrected chi connectivity index (χ4v) is 3.98. The Morgan fingerprint density at radius 2 is 2.05 bits per heavy atom. The van der Waals surface area contributed by atoms with Crippen LogP contribution in [0.3, 0.4) is 0 Å². The van der Waals surface area contributed by atoms with Gasteiger partial charge in [-0.2, -0.15) is 11.3 Å². The molecule has 3 heterocycles. The molecule has 1 amide bonds. The van der Waals surface area contributed by atoms with Gasteiger partial charge in [-0.15, -0.1) is 0 Å². The third kappa shape index (κ3) is 3.00.